The van der Waals surface area contributed by atoms with Crippen molar-refractivity contribution in [3.63, 3.8) is 0 Å². The largest absolute Gasteiger partial charge is 0.330 e. The molecule has 1 unspecified atom stereocenters. The summed E-state index contributed by atoms with van der Waals surface area (Å²) in [6.45, 7) is 3.03. The summed E-state index contributed by atoms with van der Waals surface area (Å²) >= 11 is 0. The molecule has 13 heavy (non-hydrogen) atoms. The molecule has 1 aliphatic rings. The minimum atomic E-state index is -2.99. The SMILES string of the molecule is CC(CN)CN(C)S(=O)(=O)C1CC1. The summed E-state index contributed by atoms with van der Waals surface area (Å²) in [4.78, 5) is 0. The highest BCUT2D eigenvalue weighted by Crippen LogP contribution is 2.30. The fraction of sp³-hybridized carbons (Fsp3) is 1.00. The van der Waals surface area contributed by atoms with Crippen LogP contribution in [0.2, 0.25) is 0 Å². The third-order valence-corrected chi connectivity index (χ3v) is 4.68. The molecule has 1 atom stereocenters. The summed E-state index contributed by atoms with van der Waals surface area (Å²) in [5.41, 5.74) is 5.43. The Bertz CT molecular complexity index is 259. The summed E-state index contributed by atoms with van der Waals surface area (Å²) < 4.78 is 24.7. The lowest BCUT2D eigenvalue weighted by molar-refractivity contribution is 0.404. The van der Waals surface area contributed by atoms with Crippen molar-refractivity contribution in [3.8, 4) is 0 Å². The van der Waals surface area contributed by atoms with Crippen LogP contribution in [0.3, 0.4) is 0 Å². The summed E-state index contributed by atoms with van der Waals surface area (Å²) in [7, 11) is -1.35. The molecule has 4 nitrogen and oxygen atoms in total. The molecule has 1 fully saturated rings. The minimum absolute atomic E-state index is 0.109. The van der Waals surface area contributed by atoms with Gasteiger partial charge in [0.25, 0.3) is 0 Å². The highest BCUT2D eigenvalue weighted by Gasteiger charge is 2.38. The van der Waals surface area contributed by atoms with E-state index in [-0.39, 0.29) is 11.2 Å². The van der Waals surface area contributed by atoms with E-state index in [1.165, 1.54) is 4.31 Å². The monoisotopic (exact) mass is 206 g/mol. The van der Waals surface area contributed by atoms with Gasteiger partial charge in [0.05, 0.1) is 5.25 Å². The fourth-order valence-electron chi connectivity index (χ4n) is 1.24. The van der Waals surface area contributed by atoms with Gasteiger partial charge in [0, 0.05) is 13.6 Å². The van der Waals surface area contributed by atoms with Crippen LogP contribution in [0.5, 0.6) is 0 Å². The first-order valence-corrected chi connectivity index (χ1v) is 6.14. The number of hydrogen-bond acceptors (Lipinski definition) is 3. The van der Waals surface area contributed by atoms with E-state index < -0.39 is 10.0 Å². The van der Waals surface area contributed by atoms with Crippen LogP contribution in [-0.4, -0.2) is 38.1 Å². The molecule has 1 rings (SSSR count). The van der Waals surface area contributed by atoms with Gasteiger partial charge in [-0.05, 0) is 25.3 Å². The van der Waals surface area contributed by atoms with E-state index in [4.69, 9.17) is 5.73 Å². The molecule has 0 aromatic heterocycles. The summed E-state index contributed by atoms with van der Waals surface area (Å²) in [5, 5.41) is -0.109. The lowest BCUT2D eigenvalue weighted by atomic mass is 10.2. The highest BCUT2D eigenvalue weighted by atomic mass is 32.2. The van der Waals surface area contributed by atoms with Crippen LogP contribution in [-0.2, 0) is 10.0 Å². The first kappa shape index (κ1) is 10.9. The molecule has 0 radical (unpaired) electrons. The van der Waals surface area contributed by atoms with E-state index in [9.17, 15) is 8.42 Å². The van der Waals surface area contributed by atoms with Gasteiger partial charge in [0.2, 0.25) is 10.0 Å². The topological polar surface area (TPSA) is 63.4 Å². The van der Waals surface area contributed by atoms with E-state index in [2.05, 4.69) is 0 Å². The molecule has 0 aliphatic heterocycles. The summed E-state index contributed by atoms with van der Waals surface area (Å²) in [5.74, 6) is 0.235. The van der Waals surface area contributed by atoms with Gasteiger partial charge in [-0.2, -0.15) is 0 Å². The van der Waals surface area contributed by atoms with Crippen LogP contribution in [0.1, 0.15) is 19.8 Å². The first-order chi connectivity index (χ1) is 5.98. The zero-order valence-corrected chi connectivity index (χ0v) is 9.05. The molecule has 0 aromatic carbocycles. The molecule has 1 aliphatic carbocycles. The Morgan fingerprint density at radius 1 is 1.54 bits per heavy atom. The van der Waals surface area contributed by atoms with Gasteiger partial charge in [-0.1, -0.05) is 6.92 Å². The molecular formula is C8H18N2O2S. The van der Waals surface area contributed by atoms with Crippen LogP contribution in [0.25, 0.3) is 0 Å². The second kappa shape index (κ2) is 3.94. The Hall–Kier alpha value is -0.130. The zero-order valence-electron chi connectivity index (χ0n) is 8.23. The normalized spacial score (nSPS) is 20.6. The Morgan fingerprint density at radius 2 is 2.08 bits per heavy atom. The van der Waals surface area contributed by atoms with E-state index in [1.54, 1.807) is 7.05 Å². The number of hydrogen-bond donors (Lipinski definition) is 1. The van der Waals surface area contributed by atoms with Crippen molar-refractivity contribution in [1.82, 2.24) is 4.31 Å². The fourth-order valence-corrected chi connectivity index (χ4v) is 2.94. The van der Waals surface area contributed by atoms with Gasteiger partial charge in [-0.15, -0.1) is 0 Å². The maximum atomic E-state index is 11.6. The van der Waals surface area contributed by atoms with Gasteiger partial charge in [-0.25, -0.2) is 12.7 Å². The molecule has 0 amide bonds. The predicted octanol–water partition coefficient (Wildman–Crippen LogP) is 0.00520. The van der Waals surface area contributed by atoms with E-state index >= 15 is 0 Å². The second-order valence-corrected chi connectivity index (χ2v) is 6.19. The molecule has 0 aromatic rings. The molecular weight excluding hydrogens is 188 g/mol. The molecule has 1 saturated carbocycles. The van der Waals surface area contributed by atoms with Crippen molar-refractivity contribution >= 4 is 10.0 Å². The van der Waals surface area contributed by atoms with Crippen LogP contribution in [0, 0.1) is 5.92 Å². The Kier molecular flexibility index (Phi) is 3.32. The number of sulfonamides is 1. The third kappa shape index (κ3) is 2.65. The van der Waals surface area contributed by atoms with Crippen molar-refractivity contribution in [2.75, 3.05) is 20.1 Å². The van der Waals surface area contributed by atoms with Crippen LogP contribution < -0.4 is 5.73 Å². The molecule has 0 saturated heterocycles. The van der Waals surface area contributed by atoms with Crippen LogP contribution >= 0.6 is 0 Å². The maximum Gasteiger partial charge on any atom is 0.216 e. The average molecular weight is 206 g/mol. The molecule has 0 spiro atoms. The first-order valence-electron chi connectivity index (χ1n) is 4.63. The third-order valence-electron chi connectivity index (χ3n) is 2.35. The standard InChI is InChI=1S/C8H18N2O2S/c1-7(5-9)6-10(2)13(11,12)8-3-4-8/h7-8H,3-6,9H2,1-2H3. The Morgan fingerprint density at radius 3 is 2.46 bits per heavy atom. The molecule has 0 bridgehead atoms. The lowest BCUT2D eigenvalue weighted by Crippen LogP contribution is -2.35. The zero-order chi connectivity index (χ0) is 10.1. The quantitative estimate of drug-likeness (QED) is 0.689. The van der Waals surface area contributed by atoms with Crippen molar-refractivity contribution in [1.29, 1.82) is 0 Å². The van der Waals surface area contributed by atoms with Crippen molar-refractivity contribution in [3.05, 3.63) is 0 Å². The maximum absolute atomic E-state index is 11.6. The minimum Gasteiger partial charge on any atom is -0.330 e. The highest BCUT2D eigenvalue weighted by molar-refractivity contribution is 7.90. The van der Waals surface area contributed by atoms with Crippen LogP contribution in [0.4, 0.5) is 0 Å². The Balaban J connectivity index is 2.51. The van der Waals surface area contributed by atoms with Gasteiger partial charge in [0.1, 0.15) is 0 Å². The summed E-state index contributed by atoms with van der Waals surface area (Å²) in [6, 6.07) is 0. The van der Waals surface area contributed by atoms with Crippen LogP contribution in [0.15, 0.2) is 0 Å². The van der Waals surface area contributed by atoms with Gasteiger partial charge in [-0.3, -0.25) is 0 Å². The van der Waals surface area contributed by atoms with Gasteiger partial charge < -0.3 is 5.73 Å². The van der Waals surface area contributed by atoms with E-state index in [0.717, 1.165) is 12.8 Å². The molecule has 0 heterocycles. The van der Waals surface area contributed by atoms with Crippen molar-refractivity contribution < 1.29 is 8.42 Å². The van der Waals surface area contributed by atoms with Gasteiger partial charge >= 0.3 is 0 Å². The molecule has 78 valence electrons. The van der Waals surface area contributed by atoms with Gasteiger partial charge in [0.15, 0.2) is 0 Å². The van der Waals surface area contributed by atoms with Crippen molar-refractivity contribution in [2.45, 2.75) is 25.0 Å². The van der Waals surface area contributed by atoms with E-state index in [0.29, 0.717) is 13.1 Å². The summed E-state index contributed by atoms with van der Waals surface area (Å²) in [6.07, 6.45) is 1.65. The lowest BCUT2D eigenvalue weighted by Gasteiger charge is -2.19. The second-order valence-electron chi connectivity index (χ2n) is 3.87. The number of nitrogens with zero attached hydrogens (tertiary/aromatic N) is 1. The Labute approximate surface area is 80.1 Å². The molecule has 5 heteroatoms. The number of rotatable bonds is 5. The average Bonchev–Trinajstić information content (AvgIpc) is 2.86. The number of nitrogens with two attached hydrogens (primary N) is 1. The predicted molar refractivity (Wildman–Crippen MR) is 52.8 cm³/mol. The molecule has 2 N–H and O–H groups in total. The van der Waals surface area contributed by atoms with E-state index in [1.807, 2.05) is 6.92 Å². The van der Waals surface area contributed by atoms with Crippen molar-refractivity contribution in [2.24, 2.45) is 11.7 Å². The smallest absolute Gasteiger partial charge is 0.216 e.